The highest BCUT2D eigenvalue weighted by molar-refractivity contribution is 7.99. The highest BCUT2D eigenvalue weighted by Gasteiger charge is 2.27. The molecule has 0 saturated carbocycles. The second-order valence-electron chi connectivity index (χ2n) is 6.44. The van der Waals surface area contributed by atoms with Crippen LogP contribution in [0.2, 0.25) is 5.02 Å². The van der Waals surface area contributed by atoms with Gasteiger partial charge in [-0.15, -0.1) is 34.4 Å². The van der Waals surface area contributed by atoms with Crippen molar-refractivity contribution in [2.75, 3.05) is 14.1 Å². The van der Waals surface area contributed by atoms with E-state index in [4.69, 9.17) is 11.6 Å². The summed E-state index contributed by atoms with van der Waals surface area (Å²) >= 11 is 8.13. The molecule has 0 radical (unpaired) electrons. The molecule has 26 heavy (non-hydrogen) atoms. The van der Waals surface area contributed by atoms with Crippen molar-refractivity contribution >= 4 is 35.8 Å². The van der Waals surface area contributed by atoms with Gasteiger partial charge in [0, 0.05) is 21.6 Å². The van der Waals surface area contributed by atoms with Crippen LogP contribution in [-0.4, -0.2) is 33.8 Å². The predicted octanol–water partition coefficient (Wildman–Crippen LogP) is 4.79. The maximum atomic E-state index is 6.29. The molecule has 7 heteroatoms. The number of fused-ring (bicyclic) bond motifs is 3. The van der Waals surface area contributed by atoms with Crippen LogP contribution in [0.3, 0.4) is 0 Å². The lowest BCUT2D eigenvalue weighted by molar-refractivity contribution is 0.386. The number of hydrogen-bond donors (Lipinski definition) is 0. The highest BCUT2D eigenvalue weighted by atomic mass is 35.5. The quantitative estimate of drug-likeness (QED) is 0.625. The number of hydrogen-bond acceptors (Lipinski definition) is 4. The van der Waals surface area contributed by atoms with Gasteiger partial charge in [0.05, 0.1) is 12.2 Å². The second kappa shape index (κ2) is 8.01. The zero-order valence-corrected chi connectivity index (χ0v) is 17.0. The van der Waals surface area contributed by atoms with E-state index < -0.39 is 0 Å². The van der Waals surface area contributed by atoms with E-state index in [2.05, 4.69) is 50.0 Å². The third-order valence-corrected chi connectivity index (χ3v) is 5.77. The van der Waals surface area contributed by atoms with E-state index in [1.165, 1.54) is 10.5 Å². The molecule has 1 aliphatic heterocycles. The minimum atomic E-state index is 0. The molecule has 0 N–H and O–H groups in total. The summed E-state index contributed by atoms with van der Waals surface area (Å²) in [5, 5.41) is 10.0. The summed E-state index contributed by atoms with van der Waals surface area (Å²) in [6, 6.07) is 16.6. The first-order valence-electron chi connectivity index (χ1n) is 8.21. The van der Waals surface area contributed by atoms with Crippen molar-refractivity contribution in [2.24, 2.45) is 0 Å². The van der Waals surface area contributed by atoms with E-state index >= 15 is 0 Å². The van der Waals surface area contributed by atoms with Crippen molar-refractivity contribution < 1.29 is 0 Å². The first-order chi connectivity index (χ1) is 12.1. The van der Waals surface area contributed by atoms with Gasteiger partial charge < -0.3 is 4.90 Å². The average molecular weight is 407 g/mol. The van der Waals surface area contributed by atoms with E-state index in [1.807, 2.05) is 44.1 Å². The summed E-state index contributed by atoms with van der Waals surface area (Å²) in [5.41, 5.74) is 2.41. The number of benzene rings is 2. The molecule has 1 atom stereocenters. The van der Waals surface area contributed by atoms with Crippen molar-refractivity contribution in [3.63, 3.8) is 0 Å². The number of aromatic nitrogens is 3. The largest absolute Gasteiger partial charge is 0.302 e. The van der Waals surface area contributed by atoms with Crippen LogP contribution in [0.15, 0.2) is 53.4 Å². The Labute approximate surface area is 169 Å². The molecule has 0 saturated heterocycles. The summed E-state index contributed by atoms with van der Waals surface area (Å²) in [4.78, 5) is 3.28. The van der Waals surface area contributed by atoms with E-state index in [0.29, 0.717) is 0 Å². The lowest BCUT2D eigenvalue weighted by Crippen LogP contribution is -2.16. The lowest BCUT2D eigenvalue weighted by Gasteiger charge is -2.15. The first kappa shape index (κ1) is 19.2. The minimum Gasteiger partial charge on any atom is -0.302 e. The van der Waals surface area contributed by atoms with Crippen LogP contribution >= 0.6 is 35.8 Å². The molecule has 0 aliphatic carbocycles. The molecule has 0 fully saturated rings. The number of nitrogens with zero attached hydrogens (tertiary/aromatic N) is 4. The standard InChI is InChI=1S/C19H19ClN4S.ClH/c1-23(2)12-19-22-21-18-11-16(13-6-4-3-5-7-13)25-17-10-14(20)8-9-15(17)24(18)19;/h3-10,16H,11-12H2,1-2H3;1H. The molecule has 1 unspecified atom stereocenters. The molecule has 0 spiro atoms. The van der Waals surface area contributed by atoms with Gasteiger partial charge in [-0.3, -0.25) is 4.57 Å². The van der Waals surface area contributed by atoms with Gasteiger partial charge in [-0.2, -0.15) is 0 Å². The summed E-state index contributed by atoms with van der Waals surface area (Å²) in [7, 11) is 4.09. The second-order valence-corrected chi connectivity index (χ2v) is 8.12. The van der Waals surface area contributed by atoms with Gasteiger partial charge in [-0.1, -0.05) is 41.9 Å². The zero-order chi connectivity index (χ0) is 17.4. The fourth-order valence-electron chi connectivity index (χ4n) is 3.13. The van der Waals surface area contributed by atoms with Crippen LogP contribution in [0.1, 0.15) is 22.5 Å². The third kappa shape index (κ3) is 3.76. The first-order valence-corrected chi connectivity index (χ1v) is 9.47. The Morgan fingerprint density at radius 2 is 1.92 bits per heavy atom. The molecule has 0 amide bonds. The van der Waals surface area contributed by atoms with Gasteiger partial charge in [0.15, 0.2) is 5.82 Å². The smallest absolute Gasteiger partial charge is 0.151 e. The molecule has 0 bridgehead atoms. The molecule has 4 nitrogen and oxygen atoms in total. The third-order valence-electron chi connectivity index (χ3n) is 4.23. The topological polar surface area (TPSA) is 34.0 Å². The minimum absolute atomic E-state index is 0. The molecule has 1 aromatic heterocycles. The fourth-order valence-corrected chi connectivity index (χ4v) is 4.67. The van der Waals surface area contributed by atoms with E-state index in [0.717, 1.165) is 35.3 Å². The molecule has 4 rings (SSSR count). The molecule has 2 heterocycles. The van der Waals surface area contributed by atoms with Gasteiger partial charge in [0.25, 0.3) is 0 Å². The normalized spacial score (nSPS) is 15.8. The van der Waals surface area contributed by atoms with Crippen LogP contribution in [-0.2, 0) is 13.0 Å². The van der Waals surface area contributed by atoms with E-state index in [-0.39, 0.29) is 17.7 Å². The predicted molar refractivity (Wildman–Crippen MR) is 110 cm³/mol. The Hall–Kier alpha value is -1.53. The van der Waals surface area contributed by atoms with Crippen molar-refractivity contribution in [2.45, 2.75) is 23.1 Å². The number of rotatable bonds is 3. The average Bonchev–Trinajstić information content (AvgIpc) is 2.89. The van der Waals surface area contributed by atoms with Crippen molar-refractivity contribution in [3.05, 3.63) is 70.8 Å². The molecular weight excluding hydrogens is 387 g/mol. The Balaban J connectivity index is 0.00000196. The van der Waals surface area contributed by atoms with Crippen molar-refractivity contribution in [1.82, 2.24) is 19.7 Å². The number of halogens is 2. The van der Waals surface area contributed by atoms with Gasteiger partial charge in [-0.05, 0) is 37.9 Å². The highest BCUT2D eigenvalue weighted by Crippen LogP contribution is 2.44. The maximum Gasteiger partial charge on any atom is 0.151 e. The molecular formula is C19H20Cl2N4S. The van der Waals surface area contributed by atoms with Gasteiger partial charge in [-0.25, -0.2) is 0 Å². The molecule has 2 aromatic carbocycles. The maximum absolute atomic E-state index is 6.29. The van der Waals surface area contributed by atoms with Gasteiger partial charge in [0.2, 0.25) is 0 Å². The van der Waals surface area contributed by atoms with Gasteiger partial charge in [0.1, 0.15) is 5.82 Å². The summed E-state index contributed by atoms with van der Waals surface area (Å²) in [5.74, 6) is 1.96. The summed E-state index contributed by atoms with van der Waals surface area (Å²) in [6.07, 6.45) is 0.835. The zero-order valence-electron chi connectivity index (χ0n) is 14.6. The Morgan fingerprint density at radius 3 is 2.65 bits per heavy atom. The van der Waals surface area contributed by atoms with Crippen molar-refractivity contribution in [1.29, 1.82) is 0 Å². The van der Waals surface area contributed by atoms with Gasteiger partial charge >= 0.3 is 0 Å². The summed E-state index contributed by atoms with van der Waals surface area (Å²) < 4.78 is 2.20. The Bertz CT molecular complexity index is 896. The Kier molecular flexibility index (Phi) is 5.92. The Morgan fingerprint density at radius 1 is 1.15 bits per heavy atom. The summed E-state index contributed by atoms with van der Waals surface area (Å²) in [6.45, 7) is 0.746. The van der Waals surface area contributed by atoms with Crippen LogP contribution < -0.4 is 0 Å². The fraction of sp³-hybridized carbons (Fsp3) is 0.263. The molecule has 1 aliphatic rings. The van der Waals surface area contributed by atoms with Crippen LogP contribution in [0.4, 0.5) is 0 Å². The van der Waals surface area contributed by atoms with Crippen LogP contribution in [0.25, 0.3) is 5.69 Å². The van der Waals surface area contributed by atoms with E-state index in [9.17, 15) is 0 Å². The van der Waals surface area contributed by atoms with E-state index in [1.54, 1.807) is 0 Å². The van der Waals surface area contributed by atoms with Crippen LogP contribution in [0.5, 0.6) is 0 Å². The SMILES string of the molecule is CN(C)Cc1nnc2n1-c1ccc(Cl)cc1SC(c1ccccc1)C2.Cl. The van der Waals surface area contributed by atoms with Crippen LogP contribution in [0, 0.1) is 0 Å². The number of thioether (sulfide) groups is 1. The lowest BCUT2D eigenvalue weighted by atomic mass is 10.1. The molecule has 136 valence electrons. The monoisotopic (exact) mass is 406 g/mol. The molecule has 3 aromatic rings. The van der Waals surface area contributed by atoms with Crippen molar-refractivity contribution in [3.8, 4) is 5.69 Å².